The molecule has 0 aromatic carbocycles. The van der Waals surface area contributed by atoms with Crippen molar-refractivity contribution in [3.63, 3.8) is 0 Å². The molecule has 0 atom stereocenters. The van der Waals surface area contributed by atoms with Crippen LogP contribution in [0.4, 0.5) is 5.69 Å². The molecule has 1 aromatic heterocycles. The van der Waals surface area contributed by atoms with Crippen molar-refractivity contribution in [1.29, 1.82) is 0 Å². The van der Waals surface area contributed by atoms with Crippen molar-refractivity contribution in [3.05, 3.63) is 16.3 Å². The maximum absolute atomic E-state index is 11.9. The molecule has 1 amide bonds. The number of hydrogen-bond donors (Lipinski definition) is 2. The highest BCUT2D eigenvalue weighted by atomic mass is 32.1. The van der Waals surface area contributed by atoms with E-state index in [0.29, 0.717) is 16.6 Å². The number of carbonyl (C=O) groups excluding carboxylic acids is 1. The summed E-state index contributed by atoms with van der Waals surface area (Å²) in [6.07, 6.45) is 7.27. The number of rotatable bonds is 2. The average Bonchev–Trinajstić information content (AvgIpc) is 2.53. The zero-order chi connectivity index (χ0) is 11.4. The molecule has 88 valence electrons. The van der Waals surface area contributed by atoms with Gasteiger partial charge in [-0.25, -0.2) is 0 Å². The van der Waals surface area contributed by atoms with E-state index in [2.05, 4.69) is 5.32 Å². The quantitative estimate of drug-likeness (QED) is 0.778. The highest BCUT2D eigenvalue weighted by Crippen LogP contribution is 2.21. The molecular weight excluding hydrogens is 220 g/mol. The lowest BCUT2D eigenvalue weighted by Gasteiger charge is -2.15. The number of nitrogen functional groups attached to an aromatic ring is 1. The van der Waals surface area contributed by atoms with Crippen LogP contribution in [0, 0.1) is 0 Å². The fourth-order valence-electron chi connectivity index (χ4n) is 2.18. The highest BCUT2D eigenvalue weighted by Gasteiger charge is 2.17. The lowest BCUT2D eigenvalue weighted by Crippen LogP contribution is -2.34. The van der Waals surface area contributed by atoms with Crippen LogP contribution in [0.15, 0.2) is 11.4 Å². The van der Waals surface area contributed by atoms with E-state index in [0.717, 1.165) is 12.8 Å². The smallest absolute Gasteiger partial charge is 0.263 e. The summed E-state index contributed by atoms with van der Waals surface area (Å²) in [5.41, 5.74) is 6.32. The van der Waals surface area contributed by atoms with E-state index in [1.54, 1.807) is 6.07 Å². The first-order valence-corrected chi connectivity index (χ1v) is 6.79. The zero-order valence-electron chi connectivity index (χ0n) is 9.37. The predicted molar refractivity (Wildman–Crippen MR) is 67.7 cm³/mol. The summed E-state index contributed by atoms with van der Waals surface area (Å²) in [5.74, 6) is -0.000556. The lowest BCUT2D eigenvalue weighted by molar-refractivity contribution is 0.0938. The van der Waals surface area contributed by atoms with Crippen LogP contribution in [0.3, 0.4) is 0 Å². The summed E-state index contributed by atoms with van der Waals surface area (Å²) in [4.78, 5) is 12.6. The second-order valence-corrected chi connectivity index (χ2v) is 5.28. The predicted octanol–water partition coefficient (Wildman–Crippen LogP) is 2.78. The average molecular weight is 238 g/mol. The molecule has 1 aliphatic rings. The Morgan fingerprint density at radius 3 is 2.56 bits per heavy atom. The van der Waals surface area contributed by atoms with E-state index < -0.39 is 0 Å². The Labute approximate surface area is 100 Å². The summed E-state index contributed by atoms with van der Waals surface area (Å²) in [7, 11) is 0. The van der Waals surface area contributed by atoms with Crippen LogP contribution in [-0.2, 0) is 0 Å². The molecule has 3 N–H and O–H groups in total. The Hall–Kier alpha value is -1.03. The molecule has 1 saturated carbocycles. The number of amides is 1. The van der Waals surface area contributed by atoms with Crippen molar-refractivity contribution >= 4 is 22.9 Å². The molecule has 0 unspecified atom stereocenters. The summed E-state index contributed by atoms with van der Waals surface area (Å²) in [6.45, 7) is 0. The molecule has 2 rings (SSSR count). The van der Waals surface area contributed by atoms with Gasteiger partial charge in [0, 0.05) is 6.04 Å². The molecule has 1 aromatic rings. The van der Waals surface area contributed by atoms with Crippen LogP contribution >= 0.6 is 11.3 Å². The van der Waals surface area contributed by atoms with E-state index in [1.807, 2.05) is 5.38 Å². The Balaban J connectivity index is 1.93. The van der Waals surface area contributed by atoms with Crippen LogP contribution < -0.4 is 11.1 Å². The highest BCUT2D eigenvalue weighted by molar-refractivity contribution is 7.12. The van der Waals surface area contributed by atoms with Crippen LogP contribution in [-0.4, -0.2) is 11.9 Å². The summed E-state index contributed by atoms with van der Waals surface area (Å²) < 4.78 is 0. The van der Waals surface area contributed by atoms with E-state index in [1.165, 1.54) is 37.0 Å². The Morgan fingerprint density at radius 1 is 1.31 bits per heavy atom. The molecule has 0 saturated heterocycles. The maximum Gasteiger partial charge on any atom is 0.263 e. The van der Waals surface area contributed by atoms with E-state index in [-0.39, 0.29) is 5.91 Å². The number of anilines is 1. The van der Waals surface area contributed by atoms with Crippen molar-refractivity contribution in [2.75, 3.05) is 5.73 Å². The van der Waals surface area contributed by atoms with Gasteiger partial charge < -0.3 is 11.1 Å². The fourth-order valence-corrected chi connectivity index (χ4v) is 2.90. The zero-order valence-corrected chi connectivity index (χ0v) is 10.2. The van der Waals surface area contributed by atoms with Crippen LogP contribution in [0.25, 0.3) is 0 Å². The third kappa shape index (κ3) is 2.76. The van der Waals surface area contributed by atoms with Gasteiger partial charge in [0.15, 0.2) is 0 Å². The number of nitrogens with two attached hydrogens (primary N) is 1. The molecule has 3 nitrogen and oxygen atoms in total. The molecule has 0 radical (unpaired) electrons. The van der Waals surface area contributed by atoms with E-state index in [4.69, 9.17) is 5.73 Å². The Morgan fingerprint density at radius 2 is 2.00 bits per heavy atom. The van der Waals surface area contributed by atoms with Gasteiger partial charge in [-0.15, -0.1) is 11.3 Å². The molecule has 0 bridgehead atoms. The van der Waals surface area contributed by atoms with Gasteiger partial charge in [0.25, 0.3) is 5.91 Å². The summed E-state index contributed by atoms with van der Waals surface area (Å²) in [6, 6.07) is 2.13. The number of hydrogen-bond acceptors (Lipinski definition) is 3. The first-order valence-electron chi connectivity index (χ1n) is 5.91. The van der Waals surface area contributed by atoms with Gasteiger partial charge in [-0.05, 0) is 24.3 Å². The molecule has 0 aliphatic heterocycles. The summed E-state index contributed by atoms with van der Waals surface area (Å²) in [5, 5.41) is 4.95. The number of carbonyl (C=O) groups is 1. The van der Waals surface area contributed by atoms with Crippen LogP contribution in [0.1, 0.15) is 48.2 Å². The molecule has 16 heavy (non-hydrogen) atoms. The second kappa shape index (κ2) is 5.34. The van der Waals surface area contributed by atoms with Crippen molar-refractivity contribution in [2.24, 2.45) is 0 Å². The fraction of sp³-hybridized carbons (Fsp3) is 0.583. The summed E-state index contributed by atoms with van der Waals surface area (Å²) >= 11 is 1.41. The molecular formula is C12H18N2OS. The van der Waals surface area contributed by atoms with Crippen LogP contribution in [0.5, 0.6) is 0 Å². The van der Waals surface area contributed by atoms with Crippen molar-refractivity contribution in [1.82, 2.24) is 5.32 Å². The van der Waals surface area contributed by atoms with Gasteiger partial charge in [0.2, 0.25) is 0 Å². The normalized spacial score (nSPS) is 18.0. The SMILES string of the molecule is Nc1ccsc1C(=O)NC1CCCCCC1. The third-order valence-electron chi connectivity index (χ3n) is 3.09. The van der Waals surface area contributed by atoms with Gasteiger partial charge in [0.05, 0.1) is 5.69 Å². The van der Waals surface area contributed by atoms with Gasteiger partial charge in [-0.3, -0.25) is 4.79 Å². The minimum atomic E-state index is -0.000556. The van der Waals surface area contributed by atoms with E-state index in [9.17, 15) is 4.79 Å². The van der Waals surface area contributed by atoms with E-state index >= 15 is 0 Å². The first-order chi connectivity index (χ1) is 7.77. The maximum atomic E-state index is 11.9. The number of thiophene rings is 1. The minimum Gasteiger partial charge on any atom is -0.397 e. The lowest BCUT2D eigenvalue weighted by atomic mass is 10.1. The van der Waals surface area contributed by atoms with Crippen molar-refractivity contribution < 1.29 is 4.79 Å². The molecule has 0 spiro atoms. The van der Waals surface area contributed by atoms with Crippen LogP contribution in [0.2, 0.25) is 0 Å². The minimum absolute atomic E-state index is 0.000556. The van der Waals surface area contributed by atoms with Crippen molar-refractivity contribution in [3.8, 4) is 0 Å². The first kappa shape index (κ1) is 11.5. The Kier molecular flexibility index (Phi) is 3.83. The van der Waals surface area contributed by atoms with Gasteiger partial charge in [-0.1, -0.05) is 25.7 Å². The topological polar surface area (TPSA) is 55.1 Å². The molecule has 1 heterocycles. The molecule has 1 aliphatic carbocycles. The van der Waals surface area contributed by atoms with Gasteiger partial charge in [0.1, 0.15) is 4.88 Å². The largest absolute Gasteiger partial charge is 0.397 e. The third-order valence-corrected chi connectivity index (χ3v) is 4.02. The van der Waals surface area contributed by atoms with Gasteiger partial charge in [-0.2, -0.15) is 0 Å². The number of nitrogens with one attached hydrogen (secondary N) is 1. The monoisotopic (exact) mass is 238 g/mol. The molecule has 1 fully saturated rings. The second-order valence-electron chi connectivity index (χ2n) is 4.37. The van der Waals surface area contributed by atoms with Gasteiger partial charge >= 0.3 is 0 Å². The standard InChI is InChI=1S/C12H18N2OS/c13-10-7-8-16-11(10)12(15)14-9-5-3-1-2-4-6-9/h7-9H,1-6,13H2,(H,14,15). The van der Waals surface area contributed by atoms with Crippen molar-refractivity contribution in [2.45, 2.75) is 44.6 Å². The Bertz CT molecular complexity index is 354. The molecule has 4 heteroatoms.